The predicted molar refractivity (Wildman–Crippen MR) is 128 cm³/mol. The lowest BCUT2D eigenvalue weighted by Gasteiger charge is -2.39. The number of anilines is 1. The number of rotatable bonds is 6. The van der Waals surface area contributed by atoms with Crippen molar-refractivity contribution >= 4 is 34.5 Å². The molecule has 168 valence electrons. The molecule has 0 N–H and O–H groups in total. The Kier molecular flexibility index (Phi) is 5.93. The van der Waals surface area contributed by atoms with Crippen LogP contribution in [-0.2, 0) is 4.79 Å². The van der Waals surface area contributed by atoms with Crippen molar-refractivity contribution in [2.45, 2.75) is 6.17 Å². The van der Waals surface area contributed by atoms with E-state index in [9.17, 15) is 4.79 Å². The molecular formula is C24H23ClN6O2. The highest BCUT2D eigenvalue weighted by Crippen LogP contribution is 2.32. The summed E-state index contributed by atoms with van der Waals surface area (Å²) in [7, 11) is 1.55. The third kappa shape index (κ3) is 4.03. The average Bonchev–Trinajstić information content (AvgIpc) is 3.30. The number of carbonyl (C=O) groups excluding carboxylic acids is 1. The molecule has 1 unspecified atom stereocenters. The summed E-state index contributed by atoms with van der Waals surface area (Å²) >= 11 is 6.35. The van der Waals surface area contributed by atoms with Crippen LogP contribution in [0.15, 0.2) is 61.2 Å². The average molecular weight is 463 g/mol. The van der Waals surface area contributed by atoms with Crippen molar-refractivity contribution in [1.82, 2.24) is 24.4 Å². The van der Waals surface area contributed by atoms with Crippen molar-refractivity contribution in [2.24, 2.45) is 0 Å². The molecule has 1 aromatic carbocycles. The van der Waals surface area contributed by atoms with Crippen LogP contribution >= 0.6 is 11.6 Å². The van der Waals surface area contributed by atoms with Gasteiger partial charge in [-0.2, -0.15) is 0 Å². The lowest BCUT2D eigenvalue weighted by molar-refractivity contribution is -0.115. The molecule has 1 aliphatic rings. The zero-order valence-electron chi connectivity index (χ0n) is 18.1. The Morgan fingerprint density at radius 2 is 1.79 bits per heavy atom. The van der Waals surface area contributed by atoms with Gasteiger partial charge in [-0.05, 0) is 18.2 Å². The number of aromatic nitrogens is 4. The van der Waals surface area contributed by atoms with Crippen LogP contribution in [0, 0.1) is 0 Å². The zero-order chi connectivity index (χ0) is 22.8. The molecule has 3 aromatic heterocycles. The van der Waals surface area contributed by atoms with E-state index in [4.69, 9.17) is 16.3 Å². The molecule has 0 saturated carbocycles. The van der Waals surface area contributed by atoms with E-state index in [1.165, 1.54) is 0 Å². The highest BCUT2D eigenvalue weighted by molar-refractivity contribution is 6.33. The molecule has 9 heteroatoms. The molecular weight excluding hydrogens is 440 g/mol. The van der Waals surface area contributed by atoms with E-state index in [1.807, 2.05) is 35.0 Å². The van der Waals surface area contributed by atoms with Gasteiger partial charge in [0.25, 0.3) is 0 Å². The Labute approximate surface area is 196 Å². The standard InChI is InChI=1S/C24H23ClN6O2/c1-33-24-27-14-18(15-28-24)19-4-2-3-5-20(19)29-10-12-30(13-11-29)21(16-32)31-9-7-17-6-8-26-23(25)22(17)31/h2-9,14-16,21H,10-13H2,1H3. The van der Waals surface area contributed by atoms with Crippen molar-refractivity contribution in [1.29, 1.82) is 0 Å². The number of hydrogen-bond donors (Lipinski definition) is 0. The smallest absolute Gasteiger partial charge is 0.316 e. The van der Waals surface area contributed by atoms with Gasteiger partial charge in [-0.15, -0.1) is 0 Å². The fraction of sp³-hybridized carbons (Fsp3) is 0.250. The van der Waals surface area contributed by atoms with Gasteiger partial charge in [-0.1, -0.05) is 29.8 Å². The monoisotopic (exact) mass is 462 g/mol. The third-order valence-corrected chi connectivity index (χ3v) is 6.32. The normalized spacial score (nSPS) is 15.5. The van der Waals surface area contributed by atoms with Crippen molar-refractivity contribution in [3.8, 4) is 17.1 Å². The first-order valence-corrected chi connectivity index (χ1v) is 11.1. The minimum atomic E-state index is -0.434. The molecule has 8 nitrogen and oxygen atoms in total. The quantitative estimate of drug-likeness (QED) is 0.319. The van der Waals surface area contributed by atoms with Crippen molar-refractivity contribution in [3.63, 3.8) is 0 Å². The van der Waals surface area contributed by atoms with Crippen LogP contribution in [-0.4, -0.2) is 64.0 Å². The fourth-order valence-electron chi connectivity index (χ4n) is 4.40. The number of aldehydes is 1. The minimum Gasteiger partial charge on any atom is -0.467 e. The second-order valence-electron chi connectivity index (χ2n) is 7.81. The molecule has 33 heavy (non-hydrogen) atoms. The van der Waals surface area contributed by atoms with Crippen LogP contribution in [0.3, 0.4) is 0 Å². The number of carbonyl (C=O) groups is 1. The number of fused-ring (bicyclic) bond motifs is 1. The second-order valence-corrected chi connectivity index (χ2v) is 8.17. The number of nitrogens with zero attached hydrogens (tertiary/aromatic N) is 6. The third-order valence-electron chi connectivity index (χ3n) is 6.05. The Bertz CT molecular complexity index is 1270. The van der Waals surface area contributed by atoms with Gasteiger partial charge in [0.2, 0.25) is 0 Å². The maximum Gasteiger partial charge on any atom is 0.316 e. The van der Waals surface area contributed by atoms with Crippen LogP contribution in [0.5, 0.6) is 6.01 Å². The van der Waals surface area contributed by atoms with Gasteiger partial charge < -0.3 is 14.2 Å². The predicted octanol–water partition coefficient (Wildman–Crippen LogP) is 3.68. The van der Waals surface area contributed by atoms with E-state index in [0.717, 1.165) is 60.2 Å². The number of piperazine rings is 1. The topological polar surface area (TPSA) is 76.4 Å². The highest BCUT2D eigenvalue weighted by Gasteiger charge is 2.27. The number of ether oxygens (including phenoxy) is 1. The largest absolute Gasteiger partial charge is 0.467 e. The first-order chi connectivity index (χ1) is 16.2. The lowest BCUT2D eigenvalue weighted by Crippen LogP contribution is -2.49. The molecule has 0 amide bonds. The molecule has 1 fully saturated rings. The van der Waals surface area contributed by atoms with Gasteiger partial charge in [-0.3, -0.25) is 9.69 Å². The molecule has 1 aliphatic heterocycles. The molecule has 0 bridgehead atoms. The maximum absolute atomic E-state index is 12.1. The van der Waals surface area contributed by atoms with E-state index in [-0.39, 0.29) is 0 Å². The minimum absolute atomic E-state index is 0.345. The Balaban J connectivity index is 1.36. The number of pyridine rings is 1. The Morgan fingerprint density at radius 1 is 1.03 bits per heavy atom. The summed E-state index contributed by atoms with van der Waals surface area (Å²) in [5.74, 6) is 0. The maximum atomic E-state index is 12.1. The summed E-state index contributed by atoms with van der Waals surface area (Å²) in [5.41, 5.74) is 3.89. The van der Waals surface area contributed by atoms with Crippen LogP contribution in [0.1, 0.15) is 6.17 Å². The molecule has 1 saturated heterocycles. The molecule has 0 radical (unpaired) electrons. The lowest BCUT2D eigenvalue weighted by atomic mass is 10.1. The summed E-state index contributed by atoms with van der Waals surface area (Å²) in [5, 5.41) is 1.37. The van der Waals surface area contributed by atoms with E-state index in [0.29, 0.717) is 11.2 Å². The summed E-state index contributed by atoms with van der Waals surface area (Å²) in [4.78, 5) is 29.3. The van der Waals surface area contributed by atoms with Gasteiger partial charge in [-0.25, -0.2) is 15.0 Å². The molecule has 5 rings (SSSR count). The molecule has 1 atom stereocenters. The second kappa shape index (κ2) is 9.17. The number of methoxy groups -OCH3 is 1. The number of para-hydroxylation sites is 1. The van der Waals surface area contributed by atoms with Crippen molar-refractivity contribution in [3.05, 3.63) is 66.3 Å². The first-order valence-electron chi connectivity index (χ1n) is 10.7. The van der Waals surface area contributed by atoms with E-state index < -0.39 is 6.17 Å². The Hall–Kier alpha value is -3.49. The van der Waals surface area contributed by atoms with Gasteiger partial charge in [0.05, 0.1) is 12.6 Å². The molecule has 0 aliphatic carbocycles. The zero-order valence-corrected chi connectivity index (χ0v) is 18.9. The SMILES string of the molecule is COc1ncc(-c2ccccc2N2CCN(C(C=O)n3ccc4ccnc(Cl)c43)CC2)cn1. The van der Waals surface area contributed by atoms with E-state index in [1.54, 1.807) is 25.7 Å². The van der Waals surface area contributed by atoms with E-state index in [2.05, 4.69) is 36.9 Å². The van der Waals surface area contributed by atoms with Gasteiger partial charge in [0.1, 0.15) is 6.17 Å². The van der Waals surface area contributed by atoms with Gasteiger partial charge in [0, 0.05) is 73.2 Å². The number of hydrogen-bond acceptors (Lipinski definition) is 7. The first kappa shape index (κ1) is 21.4. The summed E-state index contributed by atoms with van der Waals surface area (Å²) in [6.07, 6.45) is 7.67. The van der Waals surface area contributed by atoms with Crippen molar-refractivity contribution < 1.29 is 9.53 Å². The molecule has 4 aromatic rings. The summed E-state index contributed by atoms with van der Waals surface area (Å²) in [6, 6.07) is 12.4. The number of benzene rings is 1. The Morgan fingerprint density at radius 3 is 2.52 bits per heavy atom. The molecule has 0 spiro atoms. The van der Waals surface area contributed by atoms with Crippen LogP contribution in [0.4, 0.5) is 5.69 Å². The van der Waals surface area contributed by atoms with Gasteiger partial charge >= 0.3 is 6.01 Å². The van der Waals surface area contributed by atoms with Gasteiger partial charge in [0.15, 0.2) is 11.4 Å². The summed E-state index contributed by atoms with van der Waals surface area (Å²) < 4.78 is 6.99. The fourth-order valence-corrected chi connectivity index (χ4v) is 4.66. The van der Waals surface area contributed by atoms with Crippen LogP contribution in [0.2, 0.25) is 5.15 Å². The van der Waals surface area contributed by atoms with E-state index >= 15 is 0 Å². The number of halogens is 1. The van der Waals surface area contributed by atoms with Crippen LogP contribution < -0.4 is 9.64 Å². The summed E-state index contributed by atoms with van der Waals surface area (Å²) in [6.45, 7) is 3.02. The van der Waals surface area contributed by atoms with Crippen molar-refractivity contribution in [2.75, 3.05) is 38.2 Å². The van der Waals surface area contributed by atoms with Crippen LogP contribution in [0.25, 0.3) is 22.0 Å². The molecule has 4 heterocycles. The highest BCUT2D eigenvalue weighted by atomic mass is 35.5.